The highest BCUT2D eigenvalue weighted by Gasteiger charge is 2.19. The topological polar surface area (TPSA) is 37.8 Å². The predicted molar refractivity (Wildman–Crippen MR) is 82.8 cm³/mol. The van der Waals surface area contributed by atoms with Crippen molar-refractivity contribution in [2.24, 2.45) is 0 Å². The lowest BCUT2D eigenvalue weighted by Gasteiger charge is -2.18. The summed E-state index contributed by atoms with van der Waals surface area (Å²) in [7, 11) is 0. The van der Waals surface area contributed by atoms with Crippen LogP contribution in [0.1, 0.15) is 39.9 Å². The maximum atomic E-state index is 4.71. The van der Waals surface area contributed by atoms with Gasteiger partial charge in [0.2, 0.25) is 0 Å². The van der Waals surface area contributed by atoms with E-state index in [4.69, 9.17) is 4.98 Å². The fourth-order valence-corrected chi connectivity index (χ4v) is 2.36. The summed E-state index contributed by atoms with van der Waals surface area (Å²) in [4.78, 5) is 10.5. The number of rotatable bonds is 4. The van der Waals surface area contributed by atoms with Gasteiger partial charge in [0, 0.05) is 18.0 Å². The Balaban J connectivity index is 2.43. The summed E-state index contributed by atoms with van der Waals surface area (Å²) in [6.07, 6.45) is 1.09. The number of nitrogens with zero attached hydrogens (tertiary/aromatic N) is 2. The minimum Gasteiger partial charge on any atom is -0.370 e. The van der Waals surface area contributed by atoms with E-state index in [0.717, 1.165) is 30.3 Å². The quantitative estimate of drug-likeness (QED) is 0.902. The van der Waals surface area contributed by atoms with Crippen molar-refractivity contribution in [3.63, 3.8) is 0 Å². The van der Waals surface area contributed by atoms with Gasteiger partial charge in [0.05, 0.1) is 10.6 Å². The van der Waals surface area contributed by atoms with Gasteiger partial charge in [0.15, 0.2) is 0 Å². The molecule has 1 N–H and O–H groups in total. The van der Waals surface area contributed by atoms with Crippen LogP contribution < -0.4 is 5.32 Å². The Morgan fingerprint density at radius 3 is 2.63 bits per heavy atom. The number of hydrogen-bond donors (Lipinski definition) is 1. The van der Waals surface area contributed by atoms with Gasteiger partial charge in [0.25, 0.3) is 0 Å². The average Bonchev–Trinajstić information content (AvgIpc) is 2.89. The highest BCUT2D eigenvalue weighted by atomic mass is 32.1. The molecule has 2 aromatic rings. The second-order valence-electron chi connectivity index (χ2n) is 5.62. The van der Waals surface area contributed by atoms with Crippen LogP contribution in [0.25, 0.3) is 10.6 Å². The first kappa shape index (κ1) is 14.0. The zero-order chi connectivity index (χ0) is 13.9. The lowest BCUT2D eigenvalue weighted by atomic mass is 9.95. The van der Waals surface area contributed by atoms with Crippen molar-refractivity contribution in [1.82, 2.24) is 9.97 Å². The van der Waals surface area contributed by atoms with E-state index >= 15 is 0 Å². The first-order chi connectivity index (χ1) is 9.00. The summed E-state index contributed by atoms with van der Waals surface area (Å²) in [5.41, 5.74) is 0.962. The lowest BCUT2D eigenvalue weighted by Crippen LogP contribution is -2.17. The van der Waals surface area contributed by atoms with E-state index in [0.29, 0.717) is 0 Å². The SMILES string of the molecule is CCCNc1cc(-c2cccs2)nc(C(C)(C)C)n1. The molecule has 0 aliphatic carbocycles. The summed E-state index contributed by atoms with van der Waals surface area (Å²) in [5.74, 6) is 1.81. The Morgan fingerprint density at radius 2 is 2.05 bits per heavy atom. The zero-order valence-corrected chi connectivity index (χ0v) is 12.8. The van der Waals surface area contributed by atoms with Gasteiger partial charge in [-0.2, -0.15) is 0 Å². The fourth-order valence-electron chi connectivity index (χ4n) is 1.68. The zero-order valence-electron chi connectivity index (χ0n) is 12.0. The molecular weight excluding hydrogens is 254 g/mol. The van der Waals surface area contributed by atoms with E-state index in [1.807, 2.05) is 6.07 Å². The molecule has 0 radical (unpaired) electrons. The molecule has 0 saturated heterocycles. The second-order valence-corrected chi connectivity index (χ2v) is 6.56. The largest absolute Gasteiger partial charge is 0.370 e. The number of aromatic nitrogens is 2. The first-order valence-corrected chi connectivity index (χ1v) is 7.56. The van der Waals surface area contributed by atoms with Gasteiger partial charge < -0.3 is 5.32 Å². The van der Waals surface area contributed by atoms with Crippen molar-refractivity contribution >= 4 is 17.2 Å². The van der Waals surface area contributed by atoms with Crippen LogP contribution >= 0.6 is 11.3 Å². The third kappa shape index (κ3) is 3.53. The third-order valence-electron chi connectivity index (χ3n) is 2.73. The molecule has 0 saturated carbocycles. The summed E-state index contributed by atoms with van der Waals surface area (Å²) in [6.45, 7) is 9.52. The molecule has 0 spiro atoms. The van der Waals surface area contributed by atoms with Crippen molar-refractivity contribution < 1.29 is 0 Å². The molecule has 2 heterocycles. The number of anilines is 1. The van der Waals surface area contributed by atoms with Crippen molar-refractivity contribution in [2.45, 2.75) is 39.5 Å². The maximum Gasteiger partial charge on any atom is 0.136 e. The van der Waals surface area contributed by atoms with Crippen molar-refractivity contribution in [3.8, 4) is 10.6 Å². The smallest absolute Gasteiger partial charge is 0.136 e. The van der Waals surface area contributed by atoms with Crippen molar-refractivity contribution in [2.75, 3.05) is 11.9 Å². The summed E-state index contributed by atoms with van der Waals surface area (Å²) < 4.78 is 0. The van der Waals surface area contributed by atoms with Crippen LogP contribution in [0.5, 0.6) is 0 Å². The van der Waals surface area contributed by atoms with Crippen molar-refractivity contribution in [1.29, 1.82) is 0 Å². The number of thiophene rings is 1. The lowest BCUT2D eigenvalue weighted by molar-refractivity contribution is 0.546. The Hall–Kier alpha value is -1.42. The van der Waals surface area contributed by atoms with E-state index in [1.54, 1.807) is 11.3 Å². The minimum absolute atomic E-state index is 0.0457. The molecular formula is C15H21N3S. The molecule has 4 heteroatoms. The highest BCUT2D eigenvalue weighted by molar-refractivity contribution is 7.13. The standard InChI is InChI=1S/C15H21N3S/c1-5-8-16-13-10-11(12-7-6-9-19-12)17-14(18-13)15(2,3)4/h6-7,9-10H,5,8H2,1-4H3,(H,16,17,18). The highest BCUT2D eigenvalue weighted by Crippen LogP contribution is 2.28. The molecule has 0 aliphatic heterocycles. The molecule has 0 bridgehead atoms. The summed E-state index contributed by atoms with van der Waals surface area (Å²) >= 11 is 1.71. The molecule has 19 heavy (non-hydrogen) atoms. The maximum absolute atomic E-state index is 4.71. The van der Waals surface area contributed by atoms with Crippen LogP contribution in [-0.4, -0.2) is 16.5 Å². The van der Waals surface area contributed by atoms with Crippen LogP contribution in [0.3, 0.4) is 0 Å². The number of hydrogen-bond acceptors (Lipinski definition) is 4. The first-order valence-electron chi connectivity index (χ1n) is 6.68. The predicted octanol–water partition coefficient (Wildman–Crippen LogP) is 4.32. The summed E-state index contributed by atoms with van der Waals surface area (Å²) in [6, 6.07) is 6.19. The van der Waals surface area contributed by atoms with Crippen LogP contribution in [0.2, 0.25) is 0 Å². The molecule has 0 fully saturated rings. The van der Waals surface area contributed by atoms with E-state index in [-0.39, 0.29) is 5.41 Å². The third-order valence-corrected chi connectivity index (χ3v) is 3.62. The molecule has 2 rings (SSSR count). The van der Waals surface area contributed by atoms with Crippen LogP contribution in [0.4, 0.5) is 5.82 Å². The Kier molecular flexibility index (Phi) is 4.20. The average molecular weight is 275 g/mol. The van der Waals surface area contributed by atoms with Crippen LogP contribution in [-0.2, 0) is 5.41 Å². The van der Waals surface area contributed by atoms with Crippen LogP contribution in [0, 0.1) is 0 Å². The Morgan fingerprint density at radius 1 is 1.26 bits per heavy atom. The van der Waals surface area contributed by atoms with Crippen molar-refractivity contribution in [3.05, 3.63) is 29.4 Å². The Labute approximate surface area is 119 Å². The van der Waals surface area contributed by atoms with Gasteiger partial charge in [-0.1, -0.05) is 33.8 Å². The van der Waals surface area contributed by atoms with Gasteiger partial charge in [-0.15, -0.1) is 11.3 Å². The molecule has 3 nitrogen and oxygen atoms in total. The van der Waals surface area contributed by atoms with Gasteiger partial charge in [-0.05, 0) is 17.9 Å². The molecule has 0 atom stereocenters. The summed E-state index contributed by atoms with van der Waals surface area (Å²) in [5, 5.41) is 5.44. The fraction of sp³-hybridized carbons (Fsp3) is 0.467. The van der Waals surface area contributed by atoms with E-state index < -0.39 is 0 Å². The van der Waals surface area contributed by atoms with Gasteiger partial charge in [-0.25, -0.2) is 9.97 Å². The van der Waals surface area contributed by atoms with Gasteiger partial charge >= 0.3 is 0 Å². The number of nitrogens with one attached hydrogen (secondary N) is 1. The van der Waals surface area contributed by atoms with E-state index in [1.165, 1.54) is 4.88 Å². The molecule has 0 unspecified atom stereocenters. The van der Waals surface area contributed by atoms with Crippen LogP contribution in [0.15, 0.2) is 23.6 Å². The normalized spacial score (nSPS) is 11.6. The van der Waals surface area contributed by atoms with Gasteiger partial charge in [0.1, 0.15) is 11.6 Å². The monoisotopic (exact) mass is 275 g/mol. The van der Waals surface area contributed by atoms with Gasteiger partial charge in [-0.3, -0.25) is 0 Å². The molecule has 0 aromatic carbocycles. The molecule has 0 aliphatic rings. The molecule has 2 aromatic heterocycles. The molecule has 0 amide bonds. The van der Waals surface area contributed by atoms with E-state index in [2.05, 4.69) is 55.5 Å². The Bertz CT molecular complexity index is 527. The second kappa shape index (κ2) is 5.70. The van der Waals surface area contributed by atoms with E-state index in [9.17, 15) is 0 Å². The minimum atomic E-state index is -0.0457. The molecule has 102 valence electrons.